The molecule has 1 fully saturated rings. The Kier molecular flexibility index (Phi) is 5.39. The second-order valence-corrected chi connectivity index (χ2v) is 7.57. The van der Waals surface area contributed by atoms with Crippen LogP contribution in [0.4, 0.5) is 0 Å². The second kappa shape index (κ2) is 7.11. The fourth-order valence-corrected chi connectivity index (χ4v) is 3.93. The van der Waals surface area contributed by atoms with Gasteiger partial charge in [0.25, 0.3) is 0 Å². The Morgan fingerprint density at radius 2 is 2.00 bits per heavy atom. The van der Waals surface area contributed by atoms with E-state index in [-0.39, 0.29) is 16.8 Å². The molecule has 1 N–H and O–H groups in total. The van der Waals surface area contributed by atoms with E-state index in [4.69, 9.17) is 5.26 Å². The molecule has 0 radical (unpaired) electrons. The van der Waals surface area contributed by atoms with Crippen molar-refractivity contribution in [3.8, 4) is 6.07 Å². The van der Waals surface area contributed by atoms with Crippen LogP contribution in [-0.4, -0.2) is 37.9 Å². The van der Waals surface area contributed by atoms with Gasteiger partial charge in [-0.2, -0.15) is 9.98 Å². The van der Waals surface area contributed by atoms with Gasteiger partial charge in [-0.1, -0.05) is 0 Å². The number of rotatable bonds is 4. The summed E-state index contributed by atoms with van der Waals surface area (Å²) in [5.74, 6) is -0.200. The summed E-state index contributed by atoms with van der Waals surface area (Å²) >= 11 is 0. The zero-order valence-electron chi connectivity index (χ0n) is 13.3. The highest BCUT2D eigenvalue weighted by Gasteiger charge is 2.29. The van der Waals surface area contributed by atoms with Crippen molar-refractivity contribution in [3.05, 3.63) is 29.8 Å². The van der Waals surface area contributed by atoms with Crippen molar-refractivity contribution < 1.29 is 13.2 Å². The van der Waals surface area contributed by atoms with Crippen LogP contribution in [0.25, 0.3) is 0 Å². The van der Waals surface area contributed by atoms with Gasteiger partial charge in [0, 0.05) is 12.6 Å². The summed E-state index contributed by atoms with van der Waals surface area (Å²) in [7, 11) is -3.79. The summed E-state index contributed by atoms with van der Waals surface area (Å²) in [4.78, 5) is 14.3. The number of likely N-dealkylation sites (tertiary alicyclic amines) is 1. The third kappa shape index (κ3) is 4.09. The number of hydrogen-bond acceptors (Lipinski definition) is 4. The van der Waals surface area contributed by atoms with Gasteiger partial charge in [-0.25, -0.2) is 8.42 Å². The van der Waals surface area contributed by atoms with Crippen LogP contribution in [0.3, 0.4) is 0 Å². The Bertz CT molecular complexity index is 707. The van der Waals surface area contributed by atoms with Gasteiger partial charge in [0.15, 0.2) is 0 Å². The molecule has 0 saturated carbocycles. The van der Waals surface area contributed by atoms with Crippen LogP contribution in [0.2, 0.25) is 0 Å². The lowest BCUT2D eigenvalue weighted by Gasteiger charge is -2.35. The highest BCUT2D eigenvalue weighted by atomic mass is 32.2. The molecule has 1 saturated heterocycles. The largest absolute Gasteiger partial charge is 0.339 e. The van der Waals surface area contributed by atoms with Gasteiger partial charge in [0.05, 0.1) is 22.6 Å². The predicted molar refractivity (Wildman–Crippen MR) is 86.0 cm³/mol. The van der Waals surface area contributed by atoms with Gasteiger partial charge in [-0.05, 0) is 57.4 Å². The maximum Gasteiger partial charge on any atom is 0.241 e. The van der Waals surface area contributed by atoms with Crippen LogP contribution in [0.15, 0.2) is 29.2 Å². The minimum Gasteiger partial charge on any atom is -0.339 e. The quantitative estimate of drug-likeness (QED) is 0.905. The van der Waals surface area contributed by atoms with Crippen LogP contribution in [0.1, 0.15) is 38.7 Å². The van der Waals surface area contributed by atoms with Crippen molar-refractivity contribution in [1.82, 2.24) is 9.62 Å². The first kappa shape index (κ1) is 17.4. The minimum atomic E-state index is -3.79. The number of nitrogens with zero attached hydrogens (tertiary/aromatic N) is 2. The molecule has 2 atom stereocenters. The summed E-state index contributed by atoms with van der Waals surface area (Å²) in [6, 6.07) is 6.85. The first-order valence-electron chi connectivity index (χ1n) is 7.68. The molecule has 0 spiro atoms. The van der Waals surface area contributed by atoms with Crippen molar-refractivity contribution in [1.29, 1.82) is 5.26 Å². The summed E-state index contributed by atoms with van der Waals surface area (Å²) < 4.78 is 27.1. The lowest BCUT2D eigenvalue weighted by atomic mass is 10.0. The molecule has 1 aromatic rings. The van der Waals surface area contributed by atoms with Crippen molar-refractivity contribution in [2.45, 2.75) is 50.1 Å². The van der Waals surface area contributed by atoms with Crippen molar-refractivity contribution in [2.24, 2.45) is 0 Å². The Labute approximate surface area is 137 Å². The van der Waals surface area contributed by atoms with Crippen molar-refractivity contribution in [2.75, 3.05) is 6.54 Å². The van der Waals surface area contributed by atoms with Crippen LogP contribution in [0, 0.1) is 11.3 Å². The second-order valence-electron chi connectivity index (χ2n) is 5.86. The number of carbonyl (C=O) groups excluding carboxylic acids is 1. The average molecular weight is 335 g/mol. The SMILES string of the molecule is C[C@@H]1CCCCN1C(=O)[C@@H](C)NS(=O)(=O)c1ccc(C#N)cc1. The molecule has 0 aromatic heterocycles. The molecule has 124 valence electrons. The molecule has 6 nitrogen and oxygen atoms in total. The molecule has 2 rings (SSSR count). The third-order valence-corrected chi connectivity index (χ3v) is 5.64. The molecule has 23 heavy (non-hydrogen) atoms. The van der Waals surface area contributed by atoms with E-state index >= 15 is 0 Å². The average Bonchev–Trinajstić information content (AvgIpc) is 2.54. The predicted octanol–water partition coefficient (Wildman–Crippen LogP) is 1.63. The third-order valence-electron chi connectivity index (χ3n) is 4.08. The maximum atomic E-state index is 12.5. The van der Waals surface area contributed by atoms with Gasteiger partial charge in [0.1, 0.15) is 0 Å². The maximum absolute atomic E-state index is 12.5. The van der Waals surface area contributed by atoms with Crippen LogP contribution >= 0.6 is 0 Å². The number of nitrogens with one attached hydrogen (secondary N) is 1. The number of nitriles is 1. The van der Waals surface area contributed by atoms with Crippen LogP contribution < -0.4 is 4.72 Å². The molecule has 1 aliphatic rings. The van der Waals surface area contributed by atoms with E-state index in [1.807, 2.05) is 13.0 Å². The lowest BCUT2D eigenvalue weighted by molar-refractivity contribution is -0.135. The molecule has 0 unspecified atom stereocenters. The number of sulfonamides is 1. The zero-order valence-corrected chi connectivity index (χ0v) is 14.1. The van der Waals surface area contributed by atoms with E-state index in [2.05, 4.69) is 4.72 Å². The number of amides is 1. The molecule has 1 amide bonds. The Balaban J connectivity index is 2.09. The van der Waals surface area contributed by atoms with Crippen LogP contribution in [-0.2, 0) is 14.8 Å². The van der Waals surface area contributed by atoms with Crippen molar-refractivity contribution >= 4 is 15.9 Å². The lowest BCUT2D eigenvalue weighted by Crippen LogP contribution is -2.51. The van der Waals surface area contributed by atoms with E-state index in [9.17, 15) is 13.2 Å². The molecule has 0 aliphatic carbocycles. The number of benzene rings is 1. The van der Waals surface area contributed by atoms with Gasteiger partial charge < -0.3 is 4.90 Å². The standard InChI is InChI=1S/C16H21N3O3S/c1-12-5-3-4-10-19(12)16(20)13(2)18-23(21,22)15-8-6-14(11-17)7-9-15/h6-9,12-13,18H,3-5,10H2,1-2H3/t12-,13-/m1/s1. The van der Waals surface area contributed by atoms with E-state index in [0.717, 1.165) is 19.3 Å². The monoisotopic (exact) mass is 335 g/mol. The molecular weight excluding hydrogens is 314 g/mol. The fourth-order valence-electron chi connectivity index (χ4n) is 2.73. The molecule has 1 aromatic carbocycles. The smallest absolute Gasteiger partial charge is 0.241 e. The molecule has 1 aliphatic heterocycles. The molecule has 0 bridgehead atoms. The zero-order chi connectivity index (χ0) is 17.0. The van der Waals surface area contributed by atoms with Gasteiger partial charge in [-0.15, -0.1) is 0 Å². The summed E-state index contributed by atoms with van der Waals surface area (Å²) in [6.45, 7) is 4.21. The molecular formula is C16H21N3O3S. The summed E-state index contributed by atoms with van der Waals surface area (Å²) in [6.07, 6.45) is 2.99. The minimum absolute atomic E-state index is 0.0443. The van der Waals surface area contributed by atoms with Crippen molar-refractivity contribution in [3.63, 3.8) is 0 Å². The molecule has 7 heteroatoms. The fraction of sp³-hybridized carbons (Fsp3) is 0.500. The highest BCUT2D eigenvalue weighted by Crippen LogP contribution is 2.18. The highest BCUT2D eigenvalue weighted by molar-refractivity contribution is 7.89. The van der Waals surface area contributed by atoms with E-state index in [0.29, 0.717) is 12.1 Å². The normalized spacial score (nSPS) is 19.9. The molecule has 1 heterocycles. The van der Waals surface area contributed by atoms with E-state index in [1.54, 1.807) is 11.8 Å². The Morgan fingerprint density at radius 3 is 2.57 bits per heavy atom. The Hall–Kier alpha value is -1.91. The van der Waals surface area contributed by atoms with Crippen LogP contribution in [0.5, 0.6) is 0 Å². The van der Waals surface area contributed by atoms with Gasteiger partial charge >= 0.3 is 0 Å². The van der Waals surface area contributed by atoms with Gasteiger partial charge in [-0.3, -0.25) is 4.79 Å². The Morgan fingerprint density at radius 1 is 1.35 bits per heavy atom. The summed E-state index contributed by atoms with van der Waals surface area (Å²) in [5.41, 5.74) is 0.384. The van der Waals surface area contributed by atoms with E-state index < -0.39 is 16.1 Å². The number of piperidine rings is 1. The first-order chi connectivity index (χ1) is 10.8. The number of hydrogen-bond donors (Lipinski definition) is 1. The topological polar surface area (TPSA) is 90.3 Å². The van der Waals surface area contributed by atoms with E-state index in [1.165, 1.54) is 24.3 Å². The number of carbonyl (C=O) groups is 1. The van der Waals surface area contributed by atoms with Gasteiger partial charge in [0.2, 0.25) is 15.9 Å². The summed E-state index contributed by atoms with van der Waals surface area (Å²) in [5, 5.41) is 8.75. The first-order valence-corrected chi connectivity index (χ1v) is 9.16.